The summed E-state index contributed by atoms with van der Waals surface area (Å²) in [4.78, 5) is 13.0. The van der Waals surface area contributed by atoms with Gasteiger partial charge in [0, 0.05) is 6.04 Å². The maximum absolute atomic E-state index is 11.0. The highest BCUT2D eigenvalue weighted by Crippen LogP contribution is 2.18. The maximum atomic E-state index is 11.0. The number of hydrogen-bond donors (Lipinski definition) is 2. The largest absolute Gasteiger partial charge is 0.389 e. The van der Waals surface area contributed by atoms with E-state index in [9.17, 15) is 4.79 Å². The molecule has 0 fully saturated rings. The van der Waals surface area contributed by atoms with Crippen LogP contribution in [-0.2, 0) is 4.79 Å². The number of primary amides is 1. The lowest BCUT2D eigenvalue weighted by molar-refractivity contribution is -0.116. The molecule has 1 aromatic rings. The Kier molecular flexibility index (Phi) is 4.33. The minimum absolute atomic E-state index is 0.0345. The zero-order valence-electron chi connectivity index (χ0n) is 9.75. The van der Waals surface area contributed by atoms with E-state index >= 15 is 0 Å². The van der Waals surface area contributed by atoms with E-state index in [0.717, 1.165) is 0 Å². The molecule has 1 aromatic heterocycles. The summed E-state index contributed by atoms with van der Waals surface area (Å²) in [6, 6.07) is 1.70. The van der Waals surface area contributed by atoms with Crippen LogP contribution in [0.15, 0.2) is 12.3 Å². The summed E-state index contributed by atoms with van der Waals surface area (Å²) in [6.45, 7) is 3.88. The van der Waals surface area contributed by atoms with Gasteiger partial charge in [0.15, 0.2) is 5.82 Å². The molecule has 1 heterocycles. The number of aromatic nitrogens is 2. The molecule has 17 heavy (non-hydrogen) atoms. The minimum Gasteiger partial charge on any atom is -0.389 e. The first-order valence-electron chi connectivity index (χ1n) is 5.10. The van der Waals surface area contributed by atoms with Crippen molar-refractivity contribution in [3.05, 3.63) is 17.8 Å². The van der Waals surface area contributed by atoms with Gasteiger partial charge in [0.2, 0.25) is 5.91 Å². The Hall–Kier alpha value is -1.76. The number of rotatable bonds is 5. The first-order chi connectivity index (χ1) is 7.93. The van der Waals surface area contributed by atoms with Crippen molar-refractivity contribution >= 4 is 28.9 Å². The van der Waals surface area contributed by atoms with Crippen molar-refractivity contribution in [1.29, 1.82) is 0 Å². The Bertz CT molecular complexity index is 434. The first-order valence-corrected chi connectivity index (χ1v) is 5.50. The third-order valence-electron chi connectivity index (χ3n) is 2.19. The van der Waals surface area contributed by atoms with Crippen LogP contribution in [0.2, 0.25) is 0 Å². The summed E-state index contributed by atoms with van der Waals surface area (Å²) in [6.07, 6.45) is 1.50. The molecular formula is C10H15N5OS. The number of thiocarbonyl (C=S) groups is 1. The van der Waals surface area contributed by atoms with E-state index < -0.39 is 5.91 Å². The van der Waals surface area contributed by atoms with Gasteiger partial charge in [-0.2, -0.15) is 5.10 Å². The van der Waals surface area contributed by atoms with E-state index in [0.29, 0.717) is 11.4 Å². The Morgan fingerprint density at radius 2 is 2.18 bits per heavy atom. The van der Waals surface area contributed by atoms with Crippen LogP contribution < -0.4 is 16.4 Å². The Balaban J connectivity index is 3.18. The molecule has 6 nitrogen and oxygen atoms in total. The second kappa shape index (κ2) is 5.53. The average molecular weight is 253 g/mol. The molecule has 0 atom stereocenters. The molecule has 0 aliphatic heterocycles. The highest BCUT2D eigenvalue weighted by molar-refractivity contribution is 7.80. The molecule has 0 saturated heterocycles. The van der Waals surface area contributed by atoms with E-state index in [2.05, 4.69) is 10.2 Å². The van der Waals surface area contributed by atoms with Gasteiger partial charge in [-0.25, -0.2) is 0 Å². The number of carbonyl (C=O) groups excluding carboxylic acids is 1. The van der Waals surface area contributed by atoms with E-state index in [1.165, 1.54) is 6.20 Å². The topological polar surface area (TPSA) is 98.1 Å². The molecule has 0 bridgehead atoms. The summed E-state index contributed by atoms with van der Waals surface area (Å²) in [5.41, 5.74) is 11.4. The number of nitrogens with zero attached hydrogens (tertiary/aromatic N) is 3. The van der Waals surface area contributed by atoms with Crippen LogP contribution in [0, 0.1) is 0 Å². The highest BCUT2D eigenvalue weighted by Gasteiger charge is 2.19. The lowest BCUT2D eigenvalue weighted by Crippen LogP contribution is -2.40. The standard InChI is InChI=1S/C10H15N5OS/c1-6(2)15(5-8(11)16)10-7(9(12)17)3-4-13-14-10/h3-4,6H,5H2,1-2H3,(H2,11,16)(H2,12,17). The predicted octanol–water partition coefficient (Wildman–Crippen LogP) is -0.189. The van der Waals surface area contributed by atoms with Crippen molar-refractivity contribution in [2.75, 3.05) is 11.4 Å². The van der Waals surface area contributed by atoms with Crippen LogP contribution >= 0.6 is 12.2 Å². The van der Waals surface area contributed by atoms with Crippen LogP contribution in [0.3, 0.4) is 0 Å². The SMILES string of the molecule is CC(C)N(CC(N)=O)c1nnccc1C(N)=S. The van der Waals surface area contributed by atoms with Crippen LogP contribution in [0.25, 0.3) is 0 Å². The Morgan fingerprint density at radius 3 is 2.65 bits per heavy atom. The number of carbonyl (C=O) groups is 1. The van der Waals surface area contributed by atoms with Gasteiger partial charge in [0.25, 0.3) is 0 Å². The maximum Gasteiger partial charge on any atom is 0.237 e. The van der Waals surface area contributed by atoms with Gasteiger partial charge in [-0.3, -0.25) is 4.79 Å². The van der Waals surface area contributed by atoms with Crippen LogP contribution in [0.1, 0.15) is 19.4 Å². The molecule has 0 saturated carbocycles. The normalized spacial score (nSPS) is 10.3. The van der Waals surface area contributed by atoms with Crippen LogP contribution in [-0.4, -0.2) is 33.7 Å². The fraction of sp³-hybridized carbons (Fsp3) is 0.400. The molecule has 0 unspecified atom stereocenters. The molecule has 7 heteroatoms. The van der Waals surface area contributed by atoms with E-state index in [1.807, 2.05) is 13.8 Å². The summed E-state index contributed by atoms with van der Waals surface area (Å²) in [5.74, 6) is 0.0343. The average Bonchev–Trinajstić information content (AvgIpc) is 2.25. The molecule has 0 spiro atoms. The van der Waals surface area contributed by atoms with Gasteiger partial charge < -0.3 is 16.4 Å². The molecule has 0 aliphatic carbocycles. The van der Waals surface area contributed by atoms with Crippen molar-refractivity contribution in [3.8, 4) is 0 Å². The van der Waals surface area contributed by atoms with Crippen molar-refractivity contribution in [2.45, 2.75) is 19.9 Å². The quantitative estimate of drug-likeness (QED) is 0.706. The second-order valence-corrected chi connectivity index (χ2v) is 4.26. The van der Waals surface area contributed by atoms with E-state index in [4.69, 9.17) is 23.7 Å². The van der Waals surface area contributed by atoms with Crippen molar-refractivity contribution in [1.82, 2.24) is 10.2 Å². The zero-order chi connectivity index (χ0) is 13.0. The molecule has 0 aromatic carbocycles. The third-order valence-corrected chi connectivity index (χ3v) is 2.41. The third kappa shape index (κ3) is 3.35. The second-order valence-electron chi connectivity index (χ2n) is 3.82. The van der Waals surface area contributed by atoms with Gasteiger partial charge >= 0.3 is 0 Å². The molecule has 1 rings (SSSR count). The summed E-state index contributed by atoms with van der Waals surface area (Å²) < 4.78 is 0. The number of amides is 1. The van der Waals surface area contributed by atoms with Gasteiger partial charge in [0.05, 0.1) is 18.3 Å². The molecule has 92 valence electrons. The molecule has 0 aliphatic rings. The fourth-order valence-corrected chi connectivity index (χ4v) is 1.56. The minimum atomic E-state index is -0.446. The van der Waals surface area contributed by atoms with E-state index in [1.54, 1.807) is 11.0 Å². The summed E-state index contributed by atoms with van der Waals surface area (Å²) in [7, 11) is 0. The van der Waals surface area contributed by atoms with Crippen LogP contribution in [0.4, 0.5) is 5.82 Å². The molecule has 1 amide bonds. The van der Waals surface area contributed by atoms with Gasteiger partial charge in [-0.05, 0) is 19.9 Å². The van der Waals surface area contributed by atoms with Crippen molar-refractivity contribution in [3.63, 3.8) is 0 Å². The number of nitrogens with two attached hydrogens (primary N) is 2. The summed E-state index contributed by atoms with van der Waals surface area (Å²) in [5, 5.41) is 7.75. The highest BCUT2D eigenvalue weighted by atomic mass is 32.1. The lowest BCUT2D eigenvalue weighted by Gasteiger charge is -2.27. The Labute approximate surface area is 105 Å². The molecule has 0 radical (unpaired) electrons. The molecular weight excluding hydrogens is 238 g/mol. The Morgan fingerprint density at radius 1 is 1.53 bits per heavy atom. The van der Waals surface area contributed by atoms with Gasteiger partial charge in [0.1, 0.15) is 4.99 Å². The van der Waals surface area contributed by atoms with Crippen molar-refractivity contribution < 1.29 is 4.79 Å². The molecule has 4 N–H and O–H groups in total. The number of hydrogen-bond acceptors (Lipinski definition) is 5. The van der Waals surface area contributed by atoms with E-state index in [-0.39, 0.29) is 17.6 Å². The summed E-state index contributed by atoms with van der Waals surface area (Å²) >= 11 is 4.94. The fourth-order valence-electron chi connectivity index (χ4n) is 1.40. The number of anilines is 1. The van der Waals surface area contributed by atoms with Crippen LogP contribution in [0.5, 0.6) is 0 Å². The lowest BCUT2D eigenvalue weighted by atomic mass is 10.2. The van der Waals surface area contributed by atoms with Gasteiger partial charge in [-0.1, -0.05) is 12.2 Å². The monoisotopic (exact) mass is 253 g/mol. The first kappa shape index (κ1) is 13.3. The zero-order valence-corrected chi connectivity index (χ0v) is 10.6. The van der Waals surface area contributed by atoms with Crippen molar-refractivity contribution in [2.24, 2.45) is 11.5 Å². The smallest absolute Gasteiger partial charge is 0.237 e. The predicted molar refractivity (Wildman–Crippen MR) is 69.6 cm³/mol. The van der Waals surface area contributed by atoms with Gasteiger partial charge in [-0.15, -0.1) is 5.10 Å².